The van der Waals surface area contributed by atoms with Gasteiger partial charge < -0.3 is 15.4 Å². The maximum atomic E-state index is 12.5. The molecule has 2 aromatic rings. The second-order valence-corrected chi connectivity index (χ2v) is 7.63. The predicted molar refractivity (Wildman–Crippen MR) is 103 cm³/mol. The Morgan fingerprint density at radius 1 is 1.20 bits per heavy atom. The van der Waals surface area contributed by atoms with Crippen LogP contribution in [0.4, 0.5) is 25.0 Å². The van der Waals surface area contributed by atoms with Gasteiger partial charge in [-0.2, -0.15) is 8.78 Å². The molecule has 162 valence electrons. The molecule has 0 spiro atoms. The molecule has 0 radical (unpaired) electrons. The molecule has 0 aliphatic rings. The first-order chi connectivity index (χ1) is 14.1. The van der Waals surface area contributed by atoms with Crippen LogP contribution in [0.5, 0.6) is 5.75 Å². The number of sulfonamides is 1. The van der Waals surface area contributed by atoms with Gasteiger partial charge in [-0.1, -0.05) is 18.2 Å². The van der Waals surface area contributed by atoms with E-state index in [1.165, 1.54) is 24.3 Å². The molecule has 0 aliphatic heterocycles. The smallest absolute Gasteiger partial charge is 0.387 e. The number of carbonyl (C=O) groups is 1. The van der Waals surface area contributed by atoms with Crippen LogP contribution in [0.1, 0.15) is 5.56 Å². The third-order valence-corrected chi connectivity index (χ3v) is 5.19. The van der Waals surface area contributed by atoms with E-state index in [2.05, 4.69) is 20.1 Å². The summed E-state index contributed by atoms with van der Waals surface area (Å²) < 4.78 is 55.9. The van der Waals surface area contributed by atoms with Crippen molar-refractivity contribution in [2.45, 2.75) is 18.4 Å². The number of benzene rings is 2. The number of amides is 2. The first-order valence-electron chi connectivity index (χ1n) is 8.43. The first-order valence-corrected chi connectivity index (χ1v) is 9.92. The number of nitro benzene ring substituents is 1. The summed E-state index contributed by atoms with van der Waals surface area (Å²) in [5.41, 5.74) is 0.151. The minimum absolute atomic E-state index is 0.0486. The molecule has 2 amide bonds. The number of rotatable bonds is 9. The molecule has 2 rings (SSSR count). The lowest BCUT2D eigenvalue weighted by Gasteiger charge is -2.15. The minimum atomic E-state index is -4.03. The van der Waals surface area contributed by atoms with Gasteiger partial charge in [0.05, 0.1) is 15.5 Å². The van der Waals surface area contributed by atoms with E-state index in [0.717, 1.165) is 12.1 Å². The molecule has 13 heteroatoms. The highest BCUT2D eigenvalue weighted by molar-refractivity contribution is 7.89. The van der Waals surface area contributed by atoms with E-state index in [4.69, 9.17) is 0 Å². The minimum Gasteiger partial charge on any atom is -0.433 e. The number of nitrogens with one attached hydrogen (secondary N) is 3. The Kier molecular flexibility index (Phi) is 7.60. The number of alkyl halides is 2. The lowest BCUT2D eigenvalue weighted by atomic mass is 10.2. The van der Waals surface area contributed by atoms with Crippen molar-refractivity contribution in [3.05, 3.63) is 58.1 Å². The average molecular weight is 444 g/mol. The van der Waals surface area contributed by atoms with E-state index < -0.39 is 27.6 Å². The monoisotopic (exact) mass is 444 g/mol. The quantitative estimate of drug-likeness (QED) is 0.309. The molecule has 10 nitrogen and oxygen atoms in total. The second-order valence-electron chi connectivity index (χ2n) is 5.86. The summed E-state index contributed by atoms with van der Waals surface area (Å²) in [6.07, 6.45) is 0. The van der Waals surface area contributed by atoms with Crippen LogP contribution in [0.2, 0.25) is 0 Å². The van der Waals surface area contributed by atoms with Gasteiger partial charge >= 0.3 is 12.6 Å². The van der Waals surface area contributed by atoms with Crippen molar-refractivity contribution in [2.75, 3.05) is 18.4 Å². The van der Waals surface area contributed by atoms with Gasteiger partial charge in [0.25, 0.3) is 5.69 Å². The van der Waals surface area contributed by atoms with Crippen LogP contribution in [-0.2, 0) is 10.0 Å². The van der Waals surface area contributed by atoms with E-state index in [1.54, 1.807) is 13.0 Å². The summed E-state index contributed by atoms with van der Waals surface area (Å²) in [6, 6.07) is 8.06. The fraction of sp³-hybridized carbons (Fsp3) is 0.235. The molecule has 0 unspecified atom stereocenters. The number of nitro groups is 1. The van der Waals surface area contributed by atoms with Crippen LogP contribution in [0.3, 0.4) is 0 Å². The molecule has 0 bridgehead atoms. The Morgan fingerprint density at radius 2 is 1.90 bits per heavy atom. The molecule has 0 saturated heterocycles. The maximum absolute atomic E-state index is 12.5. The van der Waals surface area contributed by atoms with E-state index in [1.807, 2.05) is 0 Å². The van der Waals surface area contributed by atoms with Crippen LogP contribution in [0.25, 0.3) is 0 Å². The summed E-state index contributed by atoms with van der Waals surface area (Å²) in [7, 11) is -4.03. The first kappa shape index (κ1) is 23.0. The van der Waals surface area contributed by atoms with Gasteiger partial charge in [0.1, 0.15) is 5.75 Å². The third kappa shape index (κ3) is 6.35. The summed E-state index contributed by atoms with van der Waals surface area (Å²) >= 11 is 0. The molecular formula is C17H18F2N4O6S. The fourth-order valence-electron chi connectivity index (χ4n) is 2.36. The molecule has 0 saturated carbocycles. The zero-order valence-electron chi connectivity index (χ0n) is 15.6. The zero-order chi connectivity index (χ0) is 22.3. The van der Waals surface area contributed by atoms with Gasteiger partial charge in [0.2, 0.25) is 10.0 Å². The molecule has 0 aromatic heterocycles. The standard InChI is InChI=1S/C17H18F2N4O6S/c1-11-4-2-7-14(29-16(18)19)15(11)22-17(24)20-8-9-21-30(27,28)13-6-3-5-12(10-13)23(25)26/h2-7,10,16,21H,8-9H2,1H3,(H2,20,22,24). The van der Waals surface area contributed by atoms with Gasteiger partial charge in [-0.3, -0.25) is 10.1 Å². The largest absolute Gasteiger partial charge is 0.433 e. The van der Waals surface area contributed by atoms with Crippen molar-refractivity contribution in [3.8, 4) is 5.75 Å². The normalized spacial score (nSPS) is 11.2. The Balaban J connectivity index is 1.91. The molecule has 0 aliphatic carbocycles. The Hall–Kier alpha value is -3.32. The zero-order valence-corrected chi connectivity index (χ0v) is 16.4. The van der Waals surface area contributed by atoms with Gasteiger partial charge in [0, 0.05) is 25.2 Å². The highest BCUT2D eigenvalue weighted by Crippen LogP contribution is 2.29. The number of anilines is 1. The number of hydrogen-bond acceptors (Lipinski definition) is 6. The fourth-order valence-corrected chi connectivity index (χ4v) is 3.43. The van der Waals surface area contributed by atoms with Crippen molar-refractivity contribution < 1.29 is 31.7 Å². The van der Waals surface area contributed by atoms with E-state index >= 15 is 0 Å². The van der Waals surface area contributed by atoms with E-state index in [9.17, 15) is 32.1 Å². The number of hydrogen-bond donors (Lipinski definition) is 3. The predicted octanol–water partition coefficient (Wildman–Crippen LogP) is 2.60. The summed E-state index contributed by atoms with van der Waals surface area (Å²) in [5.74, 6) is -0.216. The summed E-state index contributed by atoms with van der Waals surface area (Å²) in [4.78, 5) is 21.7. The topological polar surface area (TPSA) is 140 Å². The second kappa shape index (κ2) is 9.93. The highest BCUT2D eigenvalue weighted by Gasteiger charge is 2.18. The molecule has 0 atom stereocenters. The Labute approximate surface area is 170 Å². The SMILES string of the molecule is Cc1cccc(OC(F)F)c1NC(=O)NCCNS(=O)(=O)c1cccc([N+](=O)[O-])c1. The van der Waals surface area contributed by atoms with Gasteiger partial charge in [-0.05, 0) is 24.6 Å². The maximum Gasteiger partial charge on any atom is 0.387 e. The van der Waals surface area contributed by atoms with Crippen LogP contribution in [0, 0.1) is 17.0 Å². The van der Waals surface area contributed by atoms with Crippen molar-refractivity contribution >= 4 is 27.4 Å². The lowest BCUT2D eigenvalue weighted by molar-refractivity contribution is -0.385. The number of ether oxygens (including phenoxy) is 1. The van der Waals surface area contributed by atoms with Crippen molar-refractivity contribution in [2.24, 2.45) is 0 Å². The number of urea groups is 1. The number of non-ortho nitro benzene ring substituents is 1. The molecule has 0 fully saturated rings. The van der Waals surface area contributed by atoms with Gasteiger partial charge in [0.15, 0.2) is 0 Å². The van der Waals surface area contributed by atoms with Crippen LogP contribution in [-0.4, -0.2) is 39.1 Å². The average Bonchev–Trinajstić information content (AvgIpc) is 2.67. The molecule has 30 heavy (non-hydrogen) atoms. The highest BCUT2D eigenvalue weighted by atomic mass is 32.2. The molecule has 0 heterocycles. The van der Waals surface area contributed by atoms with Gasteiger partial charge in [-0.15, -0.1) is 0 Å². The van der Waals surface area contributed by atoms with Gasteiger partial charge in [-0.25, -0.2) is 17.9 Å². The number of aryl methyl sites for hydroxylation is 1. The van der Waals surface area contributed by atoms with E-state index in [-0.39, 0.29) is 35.1 Å². The van der Waals surface area contributed by atoms with E-state index in [0.29, 0.717) is 5.56 Å². The third-order valence-electron chi connectivity index (χ3n) is 3.73. The Bertz CT molecular complexity index is 1030. The number of halogens is 2. The van der Waals surface area contributed by atoms with Crippen LogP contribution < -0.4 is 20.1 Å². The molecule has 2 aromatic carbocycles. The molecular weight excluding hydrogens is 426 g/mol. The summed E-state index contributed by atoms with van der Waals surface area (Å²) in [5, 5.41) is 15.5. The van der Waals surface area contributed by atoms with Crippen molar-refractivity contribution in [1.82, 2.24) is 10.0 Å². The number of para-hydroxylation sites is 1. The van der Waals surface area contributed by atoms with Crippen LogP contribution >= 0.6 is 0 Å². The summed E-state index contributed by atoms with van der Waals surface area (Å²) in [6.45, 7) is -1.84. The van der Waals surface area contributed by atoms with Crippen molar-refractivity contribution in [1.29, 1.82) is 0 Å². The molecule has 3 N–H and O–H groups in total. The van der Waals surface area contributed by atoms with Crippen molar-refractivity contribution in [3.63, 3.8) is 0 Å². The number of carbonyl (C=O) groups excluding carboxylic acids is 1. The Morgan fingerprint density at radius 3 is 2.57 bits per heavy atom. The van der Waals surface area contributed by atoms with Crippen LogP contribution in [0.15, 0.2) is 47.4 Å². The number of nitrogens with zero attached hydrogens (tertiary/aromatic N) is 1. The lowest BCUT2D eigenvalue weighted by Crippen LogP contribution is -2.37.